The second-order valence-electron chi connectivity index (χ2n) is 6.10. The average molecular weight is 389 g/mol. The van der Waals surface area contributed by atoms with Crippen LogP contribution in [0.3, 0.4) is 0 Å². The maximum atomic E-state index is 6.14. The van der Waals surface area contributed by atoms with E-state index >= 15 is 0 Å². The second kappa shape index (κ2) is 8.10. The topological polar surface area (TPSA) is 52.1 Å². The van der Waals surface area contributed by atoms with Crippen molar-refractivity contribution in [2.45, 2.75) is 6.61 Å². The summed E-state index contributed by atoms with van der Waals surface area (Å²) in [6, 6.07) is 25.8. The lowest BCUT2D eigenvalue weighted by atomic mass is 10.1. The van der Waals surface area contributed by atoms with Crippen LogP contribution in [0.4, 0.5) is 0 Å². The monoisotopic (exact) mass is 389 g/mol. The van der Waals surface area contributed by atoms with E-state index in [1.807, 2.05) is 71.3 Å². The van der Waals surface area contributed by atoms with Gasteiger partial charge in [0, 0.05) is 5.56 Å². The third-order valence-electron chi connectivity index (χ3n) is 4.40. The highest BCUT2D eigenvalue weighted by atomic mass is 32.1. The van der Waals surface area contributed by atoms with Crippen molar-refractivity contribution in [3.8, 4) is 28.3 Å². The van der Waals surface area contributed by atoms with Gasteiger partial charge in [0.2, 0.25) is 0 Å². The number of aromatic nitrogens is 3. The summed E-state index contributed by atoms with van der Waals surface area (Å²) in [4.78, 5) is 0. The Balaban J connectivity index is 1.66. The lowest BCUT2D eigenvalue weighted by Gasteiger charge is -2.13. The lowest BCUT2D eigenvalue weighted by molar-refractivity contribution is 0.294. The molecule has 28 heavy (non-hydrogen) atoms. The first-order chi connectivity index (χ1) is 13.8. The molecule has 1 N–H and O–H groups in total. The predicted molar refractivity (Wildman–Crippen MR) is 112 cm³/mol. The van der Waals surface area contributed by atoms with Gasteiger partial charge in [0.25, 0.3) is 0 Å². The molecule has 0 aliphatic carbocycles. The van der Waals surface area contributed by atoms with Gasteiger partial charge in [0.15, 0.2) is 10.6 Å². The van der Waals surface area contributed by atoms with Crippen molar-refractivity contribution in [3.63, 3.8) is 0 Å². The van der Waals surface area contributed by atoms with Gasteiger partial charge in [-0.25, -0.2) is 0 Å². The summed E-state index contributed by atoms with van der Waals surface area (Å²) in [7, 11) is 1.63. The maximum absolute atomic E-state index is 6.14. The van der Waals surface area contributed by atoms with E-state index in [1.165, 1.54) is 0 Å². The smallest absolute Gasteiger partial charge is 0.200 e. The van der Waals surface area contributed by atoms with E-state index in [0.717, 1.165) is 22.6 Å². The largest absolute Gasteiger partial charge is 0.495 e. The molecule has 0 fully saturated rings. The highest BCUT2D eigenvalue weighted by Gasteiger charge is 2.14. The Labute approximate surface area is 168 Å². The van der Waals surface area contributed by atoms with Gasteiger partial charge < -0.3 is 9.47 Å². The summed E-state index contributed by atoms with van der Waals surface area (Å²) in [5.41, 5.74) is 2.95. The van der Waals surface area contributed by atoms with E-state index in [1.54, 1.807) is 7.11 Å². The highest BCUT2D eigenvalue weighted by molar-refractivity contribution is 7.71. The molecular weight excluding hydrogens is 370 g/mol. The molecule has 0 saturated heterocycles. The number of hydrogen-bond donors (Lipinski definition) is 1. The molecule has 6 heteroatoms. The summed E-state index contributed by atoms with van der Waals surface area (Å²) >= 11 is 5.43. The van der Waals surface area contributed by atoms with Crippen molar-refractivity contribution in [2.75, 3.05) is 7.11 Å². The van der Waals surface area contributed by atoms with Crippen LogP contribution in [-0.4, -0.2) is 21.9 Å². The van der Waals surface area contributed by atoms with Gasteiger partial charge in [-0.05, 0) is 36.0 Å². The Morgan fingerprint density at radius 1 is 0.893 bits per heavy atom. The zero-order valence-electron chi connectivity index (χ0n) is 15.3. The quantitative estimate of drug-likeness (QED) is 0.462. The Bertz CT molecular complexity index is 1140. The van der Waals surface area contributed by atoms with Gasteiger partial charge in [-0.1, -0.05) is 60.7 Å². The molecule has 0 spiro atoms. The van der Waals surface area contributed by atoms with Crippen LogP contribution in [0.5, 0.6) is 11.5 Å². The molecule has 3 aromatic carbocycles. The van der Waals surface area contributed by atoms with Crippen molar-refractivity contribution >= 4 is 12.2 Å². The maximum Gasteiger partial charge on any atom is 0.200 e. The number of ether oxygens (including phenoxy) is 2. The Morgan fingerprint density at radius 2 is 1.57 bits per heavy atom. The minimum Gasteiger partial charge on any atom is -0.495 e. The Morgan fingerprint density at radius 3 is 2.36 bits per heavy atom. The fourth-order valence-electron chi connectivity index (χ4n) is 3.08. The number of nitrogens with zero attached hydrogens (tertiary/aromatic N) is 2. The van der Waals surface area contributed by atoms with E-state index in [4.69, 9.17) is 21.7 Å². The van der Waals surface area contributed by atoms with Crippen LogP contribution in [0.15, 0.2) is 78.9 Å². The molecule has 5 nitrogen and oxygen atoms in total. The molecule has 0 unspecified atom stereocenters. The van der Waals surface area contributed by atoms with Crippen LogP contribution in [0, 0.1) is 4.77 Å². The second-order valence-corrected chi connectivity index (χ2v) is 6.49. The molecule has 0 aliphatic heterocycles. The van der Waals surface area contributed by atoms with Gasteiger partial charge in [-0.3, -0.25) is 9.67 Å². The van der Waals surface area contributed by atoms with Crippen LogP contribution in [0.2, 0.25) is 0 Å². The predicted octanol–water partition coefficient (Wildman–Crippen LogP) is 5.18. The van der Waals surface area contributed by atoms with E-state index in [9.17, 15) is 0 Å². The molecule has 0 saturated carbocycles. The fourth-order valence-corrected chi connectivity index (χ4v) is 3.33. The minimum atomic E-state index is 0.259. The van der Waals surface area contributed by atoms with E-state index in [0.29, 0.717) is 16.3 Å². The SMILES string of the molecule is COc1ccccc1-n1c(COc2ccccc2-c2ccccc2)n[nH]c1=S. The van der Waals surface area contributed by atoms with Gasteiger partial charge in [-0.2, -0.15) is 5.10 Å². The molecule has 0 radical (unpaired) electrons. The first kappa shape index (κ1) is 18.0. The molecule has 0 bridgehead atoms. The van der Waals surface area contributed by atoms with E-state index in [2.05, 4.69) is 22.3 Å². The zero-order valence-corrected chi connectivity index (χ0v) is 16.1. The van der Waals surface area contributed by atoms with Crippen LogP contribution >= 0.6 is 12.2 Å². The van der Waals surface area contributed by atoms with Crippen LogP contribution < -0.4 is 9.47 Å². The van der Waals surface area contributed by atoms with Gasteiger partial charge in [0.1, 0.15) is 18.1 Å². The number of rotatable bonds is 6. The molecule has 140 valence electrons. The number of aromatic amines is 1. The molecule has 1 aromatic heterocycles. The van der Waals surface area contributed by atoms with E-state index in [-0.39, 0.29) is 6.61 Å². The first-order valence-electron chi connectivity index (χ1n) is 8.85. The van der Waals surface area contributed by atoms with Gasteiger partial charge >= 0.3 is 0 Å². The molecule has 4 rings (SSSR count). The molecule has 0 amide bonds. The van der Waals surface area contributed by atoms with Crippen molar-refractivity contribution in [1.82, 2.24) is 14.8 Å². The summed E-state index contributed by atoms with van der Waals surface area (Å²) < 4.78 is 13.9. The number of methoxy groups -OCH3 is 1. The fraction of sp³-hybridized carbons (Fsp3) is 0.0909. The molecule has 1 heterocycles. The summed E-state index contributed by atoms with van der Waals surface area (Å²) in [6.07, 6.45) is 0. The third-order valence-corrected chi connectivity index (χ3v) is 4.67. The van der Waals surface area contributed by atoms with Crippen LogP contribution in [0.25, 0.3) is 16.8 Å². The molecule has 4 aromatic rings. The number of nitrogens with one attached hydrogen (secondary N) is 1. The summed E-state index contributed by atoms with van der Waals surface area (Å²) in [6.45, 7) is 0.259. The lowest BCUT2D eigenvalue weighted by Crippen LogP contribution is -2.07. The molecule has 0 atom stereocenters. The third kappa shape index (κ3) is 3.54. The number of hydrogen-bond acceptors (Lipinski definition) is 4. The van der Waals surface area contributed by atoms with Gasteiger partial charge in [0.05, 0.1) is 12.8 Å². The zero-order chi connectivity index (χ0) is 19.3. The van der Waals surface area contributed by atoms with Gasteiger partial charge in [-0.15, -0.1) is 0 Å². The van der Waals surface area contributed by atoms with Crippen LogP contribution in [0.1, 0.15) is 5.82 Å². The highest BCUT2D eigenvalue weighted by Crippen LogP contribution is 2.30. The molecular formula is C22H19N3O2S. The minimum absolute atomic E-state index is 0.259. The van der Waals surface area contributed by atoms with E-state index < -0.39 is 0 Å². The number of H-pyrrole nitrogens is 1. The Hall–Kier alpha value is -3.38. The van der Waals surface area contributed by atoms with Crippen molar-refractivity contribution in [2.24, 2.45) is 0 Å². The van der Waals surface area contributed by atoms with Crippen molar-refractivity contribution < 1.29 is 9.47 Å². The first-order valence-corrected chi connectivity index (χ1v) is 9.25. The summed E-state index contributed by atoms with van der Waals surface area (Å²) in [5.74, 6) is 2.16. The standard InChI is InChI=1S/C22H19N3O2S/c1-26-20-14-8-6-12-18(20)25-21(23-24-22(25)28)15-27-19-13-7-5-11-17(19)16-9-3-2-4-10-16/h2-14H,15H2,1H3,(H,24,28). The number of para-hydroxylation sites is 3. The van der Waals surface area contributed by atoms with Crippen molar-refractivity contribution in [1.29, 1.82) is 0 Å². The number of benzene rings is 3. The average Bonchev–Trinajstić information content (AvgIpc) is 3.13. The molecule has 0 aliphatic rings. The summed E-state index contributed by atoms with van der Waals surface area (Å²) in [5, 5.41) is 7.20. The Kier molecular flexibility index (Phi) is 5.21. The van der Waals surface area contributed by atoms with Crippen molar-refractivity contribution in [3.05, 3.63) is 89.5 Å². The van der Waals surface area contributed by atoms with Crippen LogP contribution in [-0.2, 0) is 6.61 Å². The normalized spacial score (nSPS) is 10.6.